The first-order valence-corrected chi connectivity index (χ1v) is 9.02. The zero-order valence-corrected chi connectivity index (χ0v) is 16.2. The highest BCUT2D eigenvalue weighted by Gasteiger charge is 2.01. The molecule has 0 aliphatic heterocycles. The predicted octanol–water partition coefficient (Wildman–Crippen LogP) is 3.41. The molecule has 5 nitrogen and oxygen atoms in total. The van der Waals surface area contributed by atoms with E-state index in [-0.39, 0.29) is 5.82 Å². The van der Waals surface area contributed by atoms with Crippen LogP contribution >= 0.6 is 0 Å². The summed E-state index contributed by atoms with van der Waals surface area (Å²) in [4.78, 5) is 4.19. The molecule has 0 atom stereocenters. The molecule has 0 aliphatic rings. The third-order valence-corrected chi connectivity index (χ3v) is 4.09. The second kappa shape index (κ2) is 11.2. The maximum absolute atomic E-state index is 13.3. The zero-order chi connectivity index (χ0) is 19.5. The monoisotopic (exact) mass is 373 g/mol. The number of nitrogens with zero attached hydrogens (tertiary/aromatic N) is 1. The van der Waals surface area contributed by atoms with Crippen molar-refractivity contribution in [1.82, 2.24) is 10.6 Å². The molecule has 146 valence electrons. The van der Waals surface area contributed by atoms with Gasteiger partial charge in [0.2, 0.25) is 0 Å². The molecule has 2 aromatic carbocycles. The number of rotatable bonds is 9. The Morgan fingerprint density at radius 1 is 1.07 bits per heavy atom. The lowest BCUT2D eigenvalue weighted by Gasteiger charge is -2.12. The van der Waals surface area contributed by atoms with Crippen LogP contribution in [0, 0.1) is 12.7 Å². The van der Waals surface area contributed by atoms with E-state index in [0.29, 0.717) is 31.3 Å². The minimum atomic E-state index is -0.184. The van der Waals surface area contributed by atoms with Crippen molar-refractivity contribution in [2.24, 2.45) is 4.99 Å². The average molecular weight is 373 g/mol. The summed E-state index contributed by atoms with van der Waals surface area (Å²) in [6.45, 7) is 4.35. The number of halogens is 1. The summed E-state index contributed by atoms with van der Waals surface area (Å²) in [5, 5.41) is 6.47. The SMILES string of the molecule is CN=C(NCCCOCc1ccc(OC)cc1)NCc1ccc(F)c(C)c1. The molecule has 0 radical (unpaired) electrons. The lowest BCUT2D eigenvalue weighted by atomic mass is 10.1. The smallest absolute Gasteiger partial charge is 0.191 e. The summed E-state index contributed by atoms with van der Waals surface area (Å²) in [5.41, 5.74) is 2.78. The average Bonchev–Trinajstić information content (AvgIpc) is 2.69. The molecule has 2 N–H and O–H groups in total. The standard InChI is InChI=1S/C21H28FN3O2/c1-16-13-18(7-10-20(16)22)14-25-21(23-2)24-11-4-12-27-15-17-5-8-19(26-3)9-6-17/h5-10,13H,4,11-12,14-15H2,1-3H3,(H2,23,24,25). The largest absolute Gasteiger partial charge is 0.497 e. The molecule has 0 heterocycles. The summed E-state index contributed by atoms with van der Waals surface area (Å²) in [7, 11) is 3.38. The zero-order valence-electron chi connectivity index (χ0n) is 16.2. The molecule has 27 heavy (non-hydrogen) atoms. The van der Waals surface area contributed by atoms with Gasteiger partial charge in [-0.15, -0.1) is 0 Å². The van der Waals surface area contributed by atoms with Crippen LogP contribution in [-0.4, -0.2) is 33.3 Å². The number of aryl methyl sites for hydroxylation is 1. The van der Waals surface area contributed by atoms with E-state index in [2.05, 4.69) is 15.6 Å². The molecule has 0 bridgehead atoms. The van der Waals surface area contributed by atoms with Gasteiger partial charge in [0.05, 0.1) is 13.7 Å². The second-order valence-corrected chi connectivity index (χ2v) is 6.19. The van der Waals surface area contributed by atoms with Crippen molar-refractivity contribution in [1.29, 1.82) is 0 Å². The van der Waals surface area contributed by atoms with Crippen LogP contribution in [0.4, 0.5) is 4.39 Å². The van der Waals surface area contributed by atoms with Gasteiger partial charge < -0.3 is 20.1 Å². The van der Waals surface area contributed by atoms with Crippen molar-refractivity contribution in [3.05, 3.63) is 65.0 Å². The van der Waals surface area contributed by atoms with E-state index in [4.69, 9.17) is 9.47 Å². The van der Waals surface area contributed by atoms with Gasteiger partial charge in [-0.3, -0.25) is 4.99 Å². The molecule has 0 fully saturated rings. The molecule has 0 aromatic heterocycles. The van der Waals surface area contributed by atoms with Crippen molar-refractivity contribution in [3.8, 4) is 5.75 Å². The van der Waals surface area contributed by atoms with E-state index in [9.17, 15) is 4.39 Å². The van der Waals surface area contributed by atoms with Crippen molar-refractivity contribution in [2.45, 2.75) is 26.5 Å². The summed E-state index contributed by atoms with van der Waals surface area (Å²) in [6.07, 6.45) is 0.868. The number of benzene rings is 2. The van der Waals surface area contributed by atoms with Crippen molar-refractivity contribution < 1.29 is 13.9 Å². The van der Waals surface area contributed by atoms with Crippen molar-refractivity contribution >= 4 is 5.96 Å². The fourth-order valence-corrected chi connectivity index (χ4v) is 2.52. The van der Waals surface area contributed by atoms with Gasteiger partial charge in [0.1, 0.15) is 11.6 Å². The van der Waals surface area contributed by atoms with Crippen LogP contribution < -0.4 is 15.4 Å². The van der Waals surface area contributed by atoms with Crippen LogP contribution in [0.15, 0.2) is 47.5 Å². The van der Waals surface area contributed by atoms with Gasteiger partial charge in [-0.05, 0) is 48.2 Å². The van der Waals surface area contributed by atoms with E-state index in [1.165, 1.54) is 6.07 Å². The Labute approximate surface area is 160 Å². The number of guanidine groups is 1. The highest BCUT2D eigenvalue weighted by atomic mass is 19.1. The normalized spacial score (nSPS) is 11.3. The quantitative estimate of drug-likeness (QED) is 0.402. The Bertz CT molecular complexity index is 733. The lowest BCUT2D eigenvalue weighted by Crippen LogP contribution is -2.37. The molecule has 0 aliphatic carbocycles. The van der Waals surface area contributed by atoms with Gasteiger partial charge in [0.25, 0.3) is 0 Å². The molecular formula is C21H28FN3O2. The fraction of sp³-hybridized carbons (Fsp3) is 0.381. The third-order valence-electron chi connectivity index (χ3n) is 4.09. The number of hydrogen-bond acceptors (Lipinski definition) is 3. The van der Waals surface area contributed by atoms with Gasteiger partial charge in [0.15, 0.2) is 5.96 Å². The number of ether oxygens (including phenoxy) is 2. The highest BCUT2D eigenvalue weighted by Crippen LogP contribution is 2.12. The van der Waals surface area contributed by atoms with Gasteiger partial charge in [-0.25, -0.2) is 4.39 Å². The van der Waals surface area contributed by atoms with Crippen LogP contribution in [0.1, 0.15) is 23.1 Å². The number of hydrogen-bond donors (Lipinski definition) is 2. The van der Waals surface area contributed by atoms with Crippen LogP contribution in [0.2, 0.25) is 0 Å². The second-order valence-electron chi connectivity index (χ2n) is 6.19. The molecule has 6 heteroatoms. The minimum absolute atomic E-state index is 0.184. The van der Waals surface area contributed by atoms with Crippen LogP contribution in [-0.2, 0) is 17.9 Å². The molecule has 0 saturated heterocycles. The molecule has 2 aromatic rings. The summed E-state index contributed by atoms with van der Waals surface area (Å²) >= 11 is 0. The van der Waals surface area contributed by atoms with Crippen molar-refractivity contribution in [2.75, 3.05) is 27.3 Å². The molecule has 0 unspecified atom stereocenters. The predicted molar refractivity (Wildman–Crippen MR) is 107 cm³/mol. The molecule has 0 amide bonds. The molecule has 0 saturated carbocycles. The summed E-state index contributed by atoms with van der Waals surface area (Å²) in [6, 6.07) is 13.0. The summed E-state index contributed by atoms with van der Waals surface area (Å²) in [5.74, 6) is 1.38. The first-order valence-electron chi connectivity index (χ1n) is 9.02. The van der Waals surface area contributed by atoms with Gasteiger partial charge in [-0.1, -0.05) is 24.3 Å². The summed E-state index contributed by atoms with van der Waals surface area (Å²) < 4.78 is 24.1. The first-order chi connectivity index (χ1) is 13.1. The Balaban J connectivity index is 1.60. The van der Waals surface area contributed by atoms with Gasteiger partial charge in [0, 0.05) is 26.7 Å². The van der Waals surface area contributed by atoms with E-state index >= 15 is 0 Å². The number of methoxy groups -OCH3 is 1. The molecule has 0 spiro atoms. The number of nitrogens with one attached hydrogen (secondary N) is 2. The number of aliphatic imine (C=N–C) groups is 1. The van der Waals surface area contributed by atoms with Gasteiger partial charge >= 0.3 is 0 Å². The van der Waals surface area contributed by atoms with E-state index in [1.807, 2.05) is 30.3 Å². The maximum atomic E-state index is 13.3. The Kier molecular flexibility index (Phi) is 8.58. The van der Waals surface area contributed by atoms with E-state index < -0.39 is 0 Å². The highest BCUT2D eigenvalue weighted by molar-refractivity contribution is 5.79. The van der Waals surface area contributed by atoms with Crippen LogP contribution in [0.5, 0.6) is 5.75 Å². The lowest BCUT2D eigenvalue weighted by molar-refractivity contribution is 0.119. The topological polar surface area (TPSA) is 54.9 Å². The van der Waals surface area contributed by atoms with E-state index in [0.717, 1.165) is 29.8 Å². The Hall–Kier alpha value is -2.60. The fourth-order valence-electron chi connectivity index (χ4n) is 2.52. The van der Waals surface area contributed by atoms with E-state index in [1.54, 1.807) is 27.1 Å². The van der Waals surface area contributed by atoms with Crippen LogP contribution in [0.3, 0.4) is 0 Å². The molecule has 2 rings (SSSR count). The van der Waals surface area contributed by atoms with Crippen molar-refractivity contribution in [3.63, 3.8) is 0 Å². The minimum Gasteiger partial charge on any atom is -0.497 e. The Morgan fingerprint density at radius 2 is 1.81 bits per heavy atom. The Morgan fingerprint density at radius 3 is 2.48 bits per heavy atom. The van der Waals surface area contributed by atoms with Gasteiger partial charge in [-0.2, -0.15) is 0 Å². The molecular weight excluding hydrogens is 345 g/mol. The first kappa shape index (κ1) is 20.7. The third kappa shape index (κ3) is 7.27. The van der Waals surface area contributed by atoms with Crippen LogP contribution in [0.25, 0.3) is 0 Å². The maximum Gasteiger partial charge on any atom is 0.191 e.